The Morgan fingerprint density at radius 1 is 1.20 bits per heavy atom. The summed E-state index contributed by atoms with van der Waals surface area (Å²) in [6, 6.07) is 13.5. The standard InChI is InChI=1S/C17H19FN2/c1-13-6-7-17-15(10-13)11-19-8-9-20(17)12-14-4-2-3-5-16(14)18/h2-7,10,19H,8-9,11-12H2,1H3. The molecule has 0 saturated heterocycles. The van der Waals surface area contributed by atoms with Crippen molar-refractivity contribution in [3.05, 3.63) is 65.0 Å². The maximum Gasteiger partial charge on any atom is 0.128 e. The first-order chi connectivity index (χ1) is 9.74. The quantitative estimate of drug-likeness (QED) is 0.901. The second kappa shape index (κ2) is 5.63. The number of fused-ring (bicyclic) bond motifs is 1. The molecule has 0 bridgehead atoms. The minimum absolute atomic E-state index is 0.127. The van der Waals surface area contributed by atoms with E-state index in [1.54, 1.807) is 6.07 Å². The zero-order valence-electron chi connectivity index (χ0n) is 11.7. The van der Waals surface area contributed by atoms with Gasteiger partial charge >= 0.3 is 0 Å². The molecule has 0 radical (unpaired) electrons. The lowest BCUT2D eigenvalue weighted by Crippen LogP contribution is -2.28. The third-order valence-corrected chi connectivity index (χ3v) is 3.77. The summed E-state index contributed by atoms with van der Waals surface area (Å²) in [5.41, 5.74) is 4.52. The van der Waals surface area contributed by atoms with Gasteiger partial charge in [0.25, 0.3) is 0 Å². The summed E-state index contributed by atoms with van der Waals surface area (Å²) in [7, 11) is 0. The topological polar surface area (TPSA) is 15.3 Å². The van der Waals surface area contributed by atoms with Gasteiger partial charge in [0.05, 0.1) is 0 Å². The molecule has 0 aromatic heterocycles. The van der Waals surface area contributed by atoms with Crippen LogP contribution in [0.5, 0.6) is 0 Å². The van der Waals surface area contributed by atoms with E-state index in [1.165, 1.54) is 22.9 Å². The highest BCUT2D eigenvalue weighted by Gasteiger charge is 2.16. The Morgan fingerprint density at radius 2 is 2.05 bits per heavy atom. The highest BCUT2D eigenvalue weighted by molar-refractivity contribution is 5.56. The van der Waals surface area contributed by atoms with Gasteiger partial charge in [0.1, 0.15) is 5.82 Å². The SMILES string of the molecule is Cc1ccc2c(c1)CNCCN2Cc1ccccc1F. The summed E-state index contributed by atoms with van der Waals surface area (Å²) >= 11 is 0. The van der Waals surface area contributed by atoms with Crippen LogP contribution in [-0.4, -0.2) is 13.1 Å². The minimum Gasteiger partial charge on any atom is -0.366 e. The molecule has 1 aliphatic rings. The van der Waals surface area contributed by atoms with Crippen molar-refractivity contribution in [1.29, 1.82) is 0 Å². The summed E-state index contributed by atoms with van der Waals surface area (Å²) < 4.78 is 13.8. The molecule has 20 heavy (non-hydrogen) atoms. The maximum atomic E-state index is 13.8. The number of nitrogens with zero attached hydrogens (tertiary/aromatic N) is 1. The summed E-state index contributed by atoms with van der Waals surface area (Å²) in [5, 5.41) is 3.43. The summed E-state index contributed by atoms with van der Waals surface area (Å²) in [4.78, 5) is 2.26. The molecule has 0 unspecified atom stereocenters. The lowest BCUT2D eigenvalue weighted by atomic mass is 10.1. The normalized spacial score (nSPS) is 14.8. The van der Waals surface area contributed by atoms with Crippen LogP contribution >= 0.6 is 0 Å². The Bertz CT molecular complexity index is 610. The highest BCUT2D eigenvalue weighted by atomic mass is 19.1. The van der Waals surface area contributed by atoms with Crippen molar-refractivity contribution in [1.82, 2.24) is 5.32 Å². The fraction of sp³-hybridized carbons (Fsp3) is 0.294. The van der Waals surface area contributed by atoms with Crippen LogP contribution in [0.2, 0.25) is 0 Å². The molecule has 2 nitrogen and oxygen atoms in total. The second-order valence-electron chi connectivity index (χ2n) is 5.32. The first kappa shape index (κ1) is 13.1. The molecular formula is C17H19FN2. The monoisotopic (exact) mass is 270 g/mol. The molecular weight excluding hydrogens is 251 g/mol. The Kier molecular flexibility index (Phi) is 3.70. The molecule has 0 saturated carbocycles. The number of halogens is 1. The van der Waals surface area contributed by atoms with Crippen LogP contribution in [0.15, 0.2) is 42.5 Å². The lowest BCUT2D eigenvalue weighted by Gasteiger charge is -2.25. The highest BCUT2D eigenvalue weighted by Crippen LogP contribution is 2.25. The molecule has 0 atom stereocenters. The lowest BCUT2D eigenvalue weighted by molar-refractivity contribution is 0.602. The largest absolute Gasteiger partial charge is 0.366 e. The van der Waals surface area contributed by atoms with Crippen molar-refractivity contribution >= 4 is 5.69 Å². The maximum absolute atomic E-state index is 13.8. The smallest absolute Gasteiger partial charge is 0.128 e. The van der Waals surface area contributed by atoms with Crippen LogP contribution in [0.4, 0.5) is 10.1 Å². The Morgan fingerprint density at radius 3 is 2.90 bits per heavy atom. The molecule has 3 rings (SSSR count). The molecule has 0 aliphatic carbocycles. The van der Waals surface area contributed by atoms with Gasteiger partial charge in [0.15, 0.2) is 0 Å². The van der Waals surface area contributed by atoms with Crippen molar-refractivity contribution in [2.75, 3.05) is 18.0 Å². The van der Waals surface area contributed by atoms with Gasteiger partial charge in [-0.2, -0.15) is 0 Å². The van der Waals surface area contributed by atoms with E-state index in [9.17, 15) is 4.39 Å². The van der Waals surface area contributed by atoms with Crippen molar-refractivity contribution in [3.63, 3.8) is 0 Å². The molecule has 1 heterocycles. The van der Waals surface area contributed by atoms with Crippen molar-refractivity contribution in [2.24, 2.45) is 0 Å². The number of hydrogen-bond donors (Lipinski definition) is 1. The van der Waals surface area contributed by atoms with Crippen LogP contribution in [-0.2, 0) is 13.1 Å². The summed E-state index contributed by atoms with van der Waals surface area (Å²) in [5.74, 6) is -0.127. The van der Waals surface area contributed by atoms with Crippen molar-refractivity contribution < 1.29 is 4.39 Å². The van der Waals surface area contributed by atoms with Crippen LogP contribution in [0.3, 0.4) is 0 Å². The number of rotatable bonds is 2. The molecule has 0 spiro atoms. The molecule has 0 amide bonds. The van der Waals surface area contributed by atoms with E-state index in [4.69, 9.17) is 0 Å². The van der Waals surface area contributed by atoms with E-state index in [-0.39, 0.29) is 5.82 Å². The first-order valence-corrected chi connectivity index (χ1v) is 7.02. The second-order valence-corrected chi connectivity index (χ2v) is 5.32. The molecule has 2 aromatic carbocycles. The zero-order valence-corrected chi connectivity index (χ0v) is 11.7. The van der Waals surface area contributed by atoms with Gasteiger partial charge < -0.3 is 10.2 Å². The molecule has 3 heteroatoms. The van der Waals surface area contributed by atoms with Gasteiger partial charge in [-0.15, -0.1) is 0 Å². The van der Waals surface area contributed by atoms with E-state index in [1.807, 2.05) is 12.1 Å². The predicted molar refractivity (Wildman–Crippen MR) is 80.3 cm³/mol. The Balaban J connectivity index is 1.92. The average molecular weight is 270 g/mol. The molecule has 1 N–H and O–H groups in total. The van der Waals surface area contributed by atoms with Crippen LogP contribution in [0, 0.1) is 12.7 Å². The number of benzene rings is 2. The number of aryl methyl sites for hydroxylation is 1. The predicted octanol–water partition coefficient (Wildman–Crippen LogP) is 3.24. The molecule has 104 valence electrons. The van der Waals surface area contributed by atoms with Gasteiger partial charge in [0.2, 0.25) is 0 Å². The van der Waals surface area contributed by atoms with Gasteiger partial charge in [0, 0.05) is 37.4 Å². The molecule has 1 aliphatic heterocycles. The van der Waals surface area contributed by atoms with Crippen LogP contribution < -0.4 is 10.2 Å². The fourth-order valence-corrected chi connectivity index (χ4v) is 2.72. The molecule has 0 fully saturated rings. The number of nitrogens with one attached hydrogen (secondary N) is 1. The first-order valence-electron chi connectivity index (χ1n) is 7.02. The van der Waals surface area contributed by atoms with Crippen LogP contribution in [0.25, 0.3) is 0 Å². The van der Waals surface area contributed by atoms with Gasteiger partial charge in [-0.3, -0.25) is 0 Å². The summed E-state index contributed by atoms with van der Waals surface area (Å²) in [6.07, 6.45) is 0. The molecule has 2 aromatic rings. The van der Waals surface area contributed by atoms with Crippen molar-refractivity contribution in [2.45, 2.75) is 20.0 Å². The van der Waals surface area contributed by atoms with Gasteiger partial charge in [-0.05, 0) is 24.6 Å². The average Bonchev–Trinajstić information content (AvgIpc) is 2.63. The number of anilines is 1. The zero-order chi connectivity index (χ0) is 13.9. The fourth-order valence-electron chi connectivity index (χ4n) is 2.72. The van der Waals surface area contributed by atoms with E-state index in [0.29, 0.717) is 6.54 Å². The van der Waals surface area contributed by atoms with E-state index in [2.05, 4.69) is 35.3 Å². The van der Waals surface area contributed by atoms with E-state index < -0.39 is 0 Å². The minimum atomic E-state index is -0.127. The Labute approximate surface area is 119 Å². The van der Waals surface area contributed by atoms with Crippen molar-refractivity contribution in [3.8, 4) is 0 Å². The van der Waals surface area contributed by atoms with Crippen LogP contribution in [0.1, 0.15) is 16.7 Å². The third kappa shape index (κ3) is 2.68. The summed E-state index contributed by atoms with van der Waals surface area (Å²) in [6.45, 7) is 5.41. The Hall–Kier alpha value is -1.87. The van der Waals surface area contributed by atoms with E-state index >= 15 is 0 Å². The third-order valence-electron chi connectivity index (χ3n) is 3.77. The number of hydrogen-bond acceptors (Lipinski definition) is 2. The van der Waals surface area contributed by atoms with E-state index in [0.717, 1.165) is 25.2 Å². The van der Waals surface area contributed by atoms with Gasteiger partial charge in [-0.25, -0.2) is 4.39 Å². The van der Waals surface area contributed by atoms with Gasteiger partial charge in [-0.1, -0.05) is 35.9 Å².